The number of benzene rings is 1. The molecule has 0 aliphatic heterocycles. The van der Waals surface area contributed by atoms with Crippen LogP contribution >= 0.6 is 11.3 Å². The second-order valence-corrected chi connectivity index (χ2v) is 7.42. The number of halogens is 3. The second kappa shape index (κ2) is 6.40. The Hall–Kier alpha value is -1.67. The van der Waals surface area contributed by atoms with Gasteiger partial charge in [0.1, 0.15) is 9.73 Å². The lowest BCUT2D eigenvalue weighted by atomic mass is 10.2. The van der Waals surface area contributed by atoms with E-state index in [1.807, 2.05) is 30.3 Å². The third-order valence-electron chi connectivity index (χ3n) is 2.65. The molecule has 0 bridgehead atoms. The Kier molecular flexibility index (Phi) is 4.79. The van der Waals surface area contributed by atoms with Crippen LogP contribution in [0.25, 0.3) is 11.3 Å². The van der Waals surface area contributed by atoms with Gasteiger partial charge in [-0.25, -0.2) is 18.4 Å². The summed E-state index contributed by atoms with van der Waals surface area (Å²) in [7, 11) is -3.38. The van der Waals surface area contributed by atoms with E-state index in [-0.39, 0.29) is 4.34 Å². The van der Waals surface area contributed by atoms with Gasteiger partial charge in [0.2, 0.25) is 0 Å². The summed E-state index contributed by atoms with van der Waals surface area (Å²) >= 11 is 1.01. The molecule has 21 heavy (non-hydrogen) atoms. The highest BCUT2D eigenvalue weighted by atomic mass is 32.2. The molecule has 0 radical (unpaired) electrons. The molecule has 0 amide bonds. The molecule has 1 aromatic heterocycles. The van der Waals surface area contributed by atoms with Gasteiger partial charge in [0.15, 0.2) is 10.2 Å². The molecule has 0 spiro atoms. The molecule has 0 saturated carbocycles. The smallest absolute Gasteiger partial charge is 0.247 e. The van der Waals surface area contributed by atoms with Gasteiger partial charge >= 0.3 is 6.08 Å². The number of rotatable bonds is 5. The van der Waals surface area contributed by atoms with Crippen molar-refractivity contribution in [3.05, 3.63) is 47.6 Å². The van der Waals surface area contributed by atoms with E-state index in [2.05, 4.69) is 4.98 Å². The second-order valence-electron chi connectivity index (χ2n) is 4.16. The van der Waals surface area contributed by atoms with Crippen LogP contribution in [0.1, 0.15) is 6.42 Å². The van der Waals surface area contributed by atoms with Gasteiger partial charge in [0.25, 0.3) is 0 Å². The lowest BCUT2D eigenvalue weighted by Crippen LogP contribution is -2.05. The predicted octanol–water partition coefficient (Wildman–Crippen LogP) is 4.68. The van der Waals surface area contributed by atoms with E-state index in [9.17, 15) is 17.4 Å². The summed E-state index contributed by atoms with van der Waals surface area (Å²) in [6.45, 7) is 0. The molecule has 0 aliphatic carbocycles. The average Bonchev–Trinajstić information content (AvgIpc) is 2.96. The Morgan fingerprint density at radius 3 is 2.52 bits per heavy atom. The fraction of sp³-hybridized carbons (Fsp3) is 0.154. The maximum absolute atomic E-state index is 12.7. The summed E-state index contributed by atoms with van der Waals surface area (Å²) in [5.74, 6) is -2.15. The van der Waals surface area contributed by atoms with E-state index in [4.69, 9.17) is 4.78 Å². The molecular formula is C13H11F3N2OS2. The maximum atomic E-state index is 12.7. The van der Waals surface area contributed by atoms with E-state index >= 15 is 0 Å². The minimum Gasteiger partial charge on any atom is -0.247 e. The number of hydrogen-bond donors (Lipinski definition) is 1. The Bertz CT molecular complexity index is 751. The lowest BCUT2D eigenvalue weighted by molar-refractivity contribution is 0.373. The highest BCUT2D eigenvalue weighted by molar-refractivity contribution is 7.94. The molecule has 1 heterocycles. The van der Waals surface area contributed by atoms with Crippen LogP contribution in [0.3, 0.4) is 0 Å². The molecule has 0 saturated heterocycles. The number of hydrogen-bond acceptors (Lipinski definition) is 4. The van der Waals surface area contributed by atoms with E-state index in [0.717, 1.165) is 16.9 Å². The molecule has 0 aliphatic rings. The molecule has 8 heteroatoms. The number of nitrogens with one attached hydrogen (secondary N) is 1. The van der Waals surface area contributed by atoms with E-state index in [1.165, 1.54) is 0 Å². The molecule has 1 aromatic carbocycles. The lowest BCUT2D eigenvalue weighted by Gasteiger charge is -2.02. The van der Waals surface area contributed by atoms with Gasteiger partial charge in [-0.2, -0.15) is 8.78 Å². The van der Waals surface area contributed by atoms with Gasteiger partial charge in [-0.3, -0.25) is 0 Å². The molecule has 0 fully saturated rings. The van der Waals surface area contributed by atoms with Gasteiger partial charge in [0.05, 0.1) is 5.69 Å². The monoisotopic (exact) mass is 332 g/mol. The van der Waals surface area contributed by atoms with Gasteiger partial charge < -0.3 is 0 Å². The van der Waals surface area contributed by atoms with Gasteiger partial charge in [-0.15, -0.1) is 11.3 Å². The fourth-order valence-corrected chi connectivity index (χ4v) is 4.02. The Balaban J connectivity index is 2.19. The molecular weight excluding hydrogens is 321 g/mol. The zero-order valence-electron chi connectivity index (χ0n) is 10.7. The van der Waals surface area contributed by atoms with Crippen molar-refractivity contribution < 1.29 is 17.4 Å². The zero-order chi connectivity index (χ0) is 15.5. The first-order chi connectivity index (χ1) is 9.90. The largest absolute Gasteiger partial charge is 0.301 e. The van der Waals surface area contributed by atoms with Crippen molar-refractivity contribution >= 4 is 21.1 Å². The van der Waals surface area contributed by atoms with E-state index in [0.29, 0.717) is 5.69 Å². The minimum atomic E-state index is -3.38. The SMILES string of the molecule is N=S(=O)(CCC(F)=C(F)F)c1nc(-c2ccccc2)cs1. The van der Waals surface area contributed by atoms with Gasteiger partial charge in [-0.1, -0.05) is 30.3 Å². The summed E-state index contributed by atoms with van der Waals surface area (Å²) < 4.78 is 56.6. The van der Waals surface area contributed by atoms with E-state index in [1.54, 1.807) is 5.38 Å². The van der Waals surface area contributed by atoms with Crippen LogP contribution in [0.4, 0.5) is 13.2 Å². The third-order valence-corrected chi connectivity index (χ3v) is 5.81. The van der Waals surface area contributed by atoms with Crippen LogP contribution in [-0.4, -0.2) is 14.9 Å². The van der Waals surface area contributed by atoms with Crippen molar-refractivity contribution in [3.63, 3.8) is 0 Å². The van der Waals surface area contributed by atoms with Crippen molar-refractivity contribution in [2.24, 2.45) is 0 Å². The zero-order valence-corrected chi connectivity index (χ0v) is 12.3. The summed E-state index contributed by atoms with van der Waals surface area (Å²) in [6.07, 6.45) is -3.17. The van der Waals surface area contributed by atoms with Crippen molar-refractivity contribution in [3.8, 4) is 11.3 Å². The normalized spacial score (nSPS) is 13.7. The Morgan fingerprint density at radius 1 is 1.24 bits per heavy atom. The fourth-order valence-electron chi connectivity index (χ4n) is 1.57. The highest BCUT2D eigenvalue weighted by Gasteiger charge is 2.18. The van der Waals surface area contributed by atoms with Crippen LogP contribution in [0.5, 0.6) is 0 Å². The number of allylic oxidation sites excluding steroid dienone is 1. The van der Waals surface area contributed by atoms with Crippen molar-refractivity contribution in [2.75, 3.05) is 5.75 Å². The standard InChI is InChI=1S/C13H11F3N2OS2/c14-10(12(15)16)6-7-21(17,19)13-18-11(8-20-13)9-4-2-1-3-5-9/h1-5,8,17H,6-7H2. The van der Waals surface area contributed by atoms with Crippen LogP contribution in [0, 0.1) is 4.78 Å². The quantitative estimate of drug-likeness (QED) is 0.864. The molecule has 112 valence electrons. The number of nitrogens with zero attached hydrogens (tertiary/aromatic N) is 1. The first-order valence-corrected chi connectivity index (χ1v) is 8.48. The minimum absolute atomic E-state index is 0.0217. The first-order valence-electron chi connectivity index (χ1n) is 5.87. The van der Waals surface area contributed by atoms with Crippen LogP contribution in [0.15, 0.2) is 52.0 Å². The predicted molar refractivity (Wildman–Crippen MR) is 76.5 cm³/mol. The van der Waals surface area contributed by atoms with Crippen LogP contribution in [0.2, 0.25) is 0 Å². The number of aromatic nitrogens is 1. The molecule has 1 atom stereocenters. The van der Waals surface area contributed by atoms with Crippen LogP contribution < -0.4 is 0 Å². The molecule has 2 rings (SSSR count). The number of thiazole rings is 1. The summed E-state index contributed by atoms with van der Waals surface area (Å²) in [6, 6.07) is 9.09. The average molecular weight is 332 g/mol. The summed E-state index contributed by atoms with van der Waals surface area (Å²) in [5.41, 5.74) is 1.36. The summed E-state index contributed by atoms with van der Waals surface area (Å²) in [5, 5.41) is 1.64. The van der Waals surface area contributed by atoms with Gasteiger partial charge in [0, 0.05) is 23.1 Å². The Morgan fingerprint density at radius 2 is 1.90 bits per heavy atom. The van der Waals surface area contributed by atoms with Gasteiger partial charge in [-0.05, 0) is 0 Å². The third kappa shape index (κ3) is 3.92. The highest BCUT2D eigenvalue weighted by Crippen LogP contribution is 2.26. The van der Waals surface area contributed by atoms with Crippen LogP contribution in [-0.2, 0) is 9.73 Å². The first kappa shape index (κ1) is 15.7. The van der Waals surface area contributed by atoms with E-state index < -0.39 is 33.8 Å². The molecule has 3 nitrogen and oxygen atoms in total. The van der Waals surface area contributed by atoms with Crippen molar-refractivity contribution in [2.45, 2.75) is 10.8 Å². The topological polar surface area (TPSA) is 53.8 Å². The Labute approximate surface area is 124 Å². The molecule has 1 N–H and O–H groups in total. The summed E-state index contributed by atoms with van der Waals surface area (Å²) in [4.78, 5) is 4.10. The maximum Gasteiger partial charge on any atom is 0.301 e. The van der Waals surface area contributed by atoms with Crippen molar-refractivity contribution in [1.29, 1.82) is 4.78 Å². The molecule has 1 unspecified atom stereocenters. The molecule has 2 aromatic rings. The van der Waals surface area contributed by atoms with Crippen molar-refractivity contribution in [1.82, 2.24) is 4.98 Å².